The molecule has 1 rings (SSSR count). The van der Waals surface area contributed by atoms with E-state index in [0.717, 1.165) is 5.56 Å². The summed E-state index contributed by atoms with van der Waals surface area (Å²) in [5.74, 6) is -3.37. The van der Waals surface area contributed by atoms with Gasteiger partial charge in [-0.3, -0.25) is 19.2 Å². The highest BCUT2D eigenvalue weighted by molar-refractivity contribution is 5.93. The predicted octanol–water partition coefficient (Wildman–Crippen LogP) is -2.65. The first kappa shape index (κ1) is 21.1. The summed E-state index contributed by atoms with van der Waals surface area (Å²) in [4.78, 5) is 46.4. The Kier molecular flexibility index (Phi) is 8.75. The topological polar surface area (TPSA) is 171 Å². The molecule has 0 saturated heterocycles. The summed E-state index contributed by atoms with van der Waals surface area (Å²) in [6, 6.07) is 6.39. The van der Waals surface area contributed by atoms with Gasteiger partial charge in [0.15, 0.2) is 0 Å². The maximum Gasteiger partial charge on any atom is 0.322 e. The first-order chi connectivity index (χ1) is 12.4. The Balaban J connectivity index is 2.85. The molecule has 10 heteroatoms. The summed E-state index contributed by atoms with van der Waals surface area (Å²) in [6.45, 7) is -1.66. The Hall–Kier alpha value is -2.98. The third-order valence-corrected chi connectivity index (χ3v) is 3.35. The minimum absolute atomic E-state index is 0.0982. The van der Waals surface area contributed by atoms with Gasteiger partial charge in [0.1, 0.15) is 18.6 Å². The summed E-state index contributed by atoms with van der Waals surface area (Å²) in [5.41, 5.74) is 5.88. The van der Waals surface area contributed by atoms with Crippen LogP contribution in [-0.2, 0) is 25.6 Å². The van der Waals surface area contributed by atoms with Crippen LogP contribution in [0.1, 0.15) is 5.56 Å². The standard InChI is InChI=1S/C16H22N4O6/c17-7-13(22)19-12(9-21)16(26)20-11(15(25)18-8-14(23)24)6-10-4-2-1-3-5-10/h1-5,11-12,21H,6-9,17H2,(H,18,25)(H,19,22)(H,20,26)(H,23,24). The van der Waals surface area contributed by atoms with Gasteiger partial charge in [-0.05, 0) is 5.56 Å². The number of aliphatic hydroxyl groups excluding tert-OH is 1. The number of hydrogen-bond acceptors (Lipinski definition) is 6. The monoisotopic (exact) mass is 366 g/mol. The van der Waals surface area contributed by atoms with Crippen molar-refractivity contribution in [3.63, 3.8) is 0 Å². The highest BCUT2D eigenvalue weighted by atomic mass is 16.4. The van der Waals surface area contributed by atoms with E-state index < -0.39 is 48.9 Å². The molecule has 26 heavy (non-hydrogen) atoms. The number of aliphatic hydroxyl groups is 1. The second kappa shape index (κ2) is 10.8. The molecule has 1 aromatic rings. The Morgan fingerprint density at radius 1 is 1.00 bits per heavy atom. The number of amides is 3. The van der Waals surface area contributed by atoms with Gasteiger partial charge >= 0.3 is 5.97 Å². The summed E-state index contributed by atoms with van der Waals surface area (Å²) >= 11 is 0. The van der Waals surface area contributed by atoms with Crippen LogP contribution in [0.4, 0.5) is 0 Å². The normalized spacial score (nSPS) is 12.5. The number of rotatable bonds is 10. The SMILES string of the molecule is NCC(=O)NC(CO)C(=O)NC(Cc1ccccc1)C(=O)NCC(=O)O. The van der Waals surface area contributed by atoms with Crippen molar-refractivity contribution >= 4 is 23.7 Å². The van der Waals surface area contributed by atoms with E-state index in [1.54, 1.807) is 30.3 Å². The van der Waals surface area contributed by atoms with Gasteiger partial charge < -0.3 is 31.9 Å². The molecule has 7 N–H and O–H groups in total. The van der Waals surface area contributed by atoms with Gasteiger partial charge in [-0.1, -0.05) is 30.3 Å². The minimum atomic E-state index is -1.28. The van der Waals surface area contributed by atoms with E-state index in [2.05, 4.69) is 16.0 Å². The van der Waals surface area contributed by atoms with Crippen molar-refractivity contribution in [2.75, 3.05) is 19.7 Å². The molecule has 142 valence electrons. The molecule has 0 heterocycles. The van der Waals surface area contributed by atoms with Gasteiger partial charge in [-0.15, -0.1) is 0 Å². The number of nitrogens with one attached hydrogen (secondary N) is 3. The molecule has 1 aromatic carbocycles. The van der Waals surface area contributed by atoms with E-state index in [0.29, 0.717) is 0 Å². The van der Waals surface area contributed by atoms with Crippen molar-refractivity contribution in [2.45, 2.75) is 18.5 Å². The molecule has 10 nitrogen and oxygen atoms in total. The molecule has 0 radical (unpaired) electrons. The van der Waals surface area contributed by atoms with E-state index >= 15 is 0 Å². The van der Waals surface area contributed by atoms with Crippen LogP contribution in [0.15, 0.2) is 30.3 Å². The van der Waals surface area contributed by atoms with Crippen LogP contribution in [0.3, 0.4) is 0 Å². The van der Waals surface area contributed by atoms with Crippen LogP contribution in [0, 0.1) is 0 Å². The number of hydrogen-bond donors (Lipinski definition) is 6. The third-order valence-electron chi connectivity index (χ3n) is 3.35. The molecule has 0 aliphatic heterocycles. The highest BCUT2D eigenvalue weighted by Gasteiger charge is 2.26. The lowest BCUT2D eigenvalue weighted by atomic mass is 10.0. The van der Waals surface area contributed by atoms with Crippen LogP contribution in [0.5, 0.6) is 0 Å². The largest absolute Gasteiger partial charge is 0.480 e. The van der Waals surface area contributed by atoms with Crippen molar-refractivity contribution in [3.8, 4) is 0 Å². The van der Waals surface area contributed by atoms with Crippen LogP contribution in [0.25, 0.3) is 0 Å². The lowest BCUT2D eigenvalue weighted by Crippen LogP contribution is -2.56. The first-order valence-electron chi connectivity index (χ1n) is 7.81. The number of carbonyl (C=O) groups excluding carboxylic acids is 3. The number of carboxylic acids is 1. The maximum absolute atomic E-state index is 12.2. The minimum Gasteiger partial charge on any atom is -0.480 e. The fourth-order valence-electron chi connectivity index (χ4n) is 2.06. The second-order valence-electron chi connectivity index (χ2n) is 5.37. The Morgan fingerprint density at radius 3 is 2.19 bits per heavy atom. The second-order valence-corrected chi connectivity index (χ2v) is 5.37. The molecular formula is C16H22N4O6. The number of carbonyl (C=O) groups is 4. The number of carboxylic acid groups (broad SMARTS) is 1. The average Bonchev–Trinajstić information content (AvgIpc) is 2.63. The van der Waals surface area contributed by atoms with E-state index in [9.17, 15) is 24.3 Å². The van der Waals surface area contributed by atoms with Crippen molar-refractivity contribution in [1.82, 2.24) is 16.0 Å². The summed E-state index contributed by atoms with van der Waals surface area (Å²) in [5, 5.41) is 24.8. The van der Waals surface area contributed by atoms with Gasteiger partial charge in [0.25, 0.3) is 0 Å². The Bertz CT molecular complexity index is 637. The smallest absolute Gasteiger partial charge is 0.322 e. The first-order valence-corrected chi connectivity index (χ1v) is 7.81. The molecule has 2 unspecified atom stereocenters. The van der Waals surface area contributed by atoms with Crippen LogP contribution >= 0.6 is 0 Å². The van der Waals surface area contributed by atoms with Crippen molar-refractivity contribution in [2.24, 2.45) is 5.73 Å². The van der Waals surface area contributed by atoms with Crippen molar-refractivity contribution < 1.29 is 29.4 Å². The van der Waals surface area contributed by atoms with Gasteiger partial charge in [-0.25, -0.2) is 0 Å². The quantitative estimate of drug-likeness (QED) is 0.262. The Morgan fingerprint density at radius 2 is 1.65 bits per heavy atom. The van der Waals surface area contributed by atoms with Gasteiger partial charge in [0.05, 0.1) is 13.2 Å². The summed E-state index contributed by atoms with van der Waals surface area (Å²) in [6.07, 6.45) is 0.0982. The number of aliphatic carboxylic acids is 1. The average molecular weight is 366 g/mol. The summed E-state index contributed by atoms with van der Waals surface area (Å²) < 4.78 is 0. The zero-order valence-corrected chi connectivity index (χ0v) is 14.0. The summed E-state index contributed by atoms with van der Waals surface area (Å²) in [7, 11) is 0. The van der Waals surface area contributed by atoms with Gasteiger partial charge in [0, 0.05) is 6.42 Å². The molecule has 3 amide bonds. The fourth-order valence-corrected chi connectivity index (χ4v) is 2.06. The van der Waals surface area contributed by atoms with Crippen LogP contribution in [-0.4, -0.2) is 65.7 Å². The zero-order chi connectivity index (χ0) is 19.5. The lowest BCUT2D eigenvalue weighted by Gasteiger charge is -2.22. The number of nitrogens with two attached hydrogens (primary N) is 1. The predicted molar refractivity (Wildman–Crippen MR) is 90.8 cm³/mol. The van der Waals surface area contributed by atoms with E-state index in [-0.39, 0.29) is 13.0 Å². The van der Waals surface area contributed by atoms with Crippen LogP contribution < -0.4 is 21.7 Å². The maximum atomic E-state index is 12.2. The molecule has 0 fully saturated rings. The van der Waals surface area contributed by atoms with E-state index in [4.69, 9.17) is 10.8 Å². The molecule has 2 atom stereocenters. The molecule has 0 bridgehead atoms. The highest BCUT2D eigenvalue weighted by Crippen LogP contribution is 2.04. The van der Waals surface area contributed by atoms with E-state index in [1.165, 1.54) is 0 Å². The zero-order valence-electron chi connectivity index (χ0n) is 14.0. The molecular weight excluding hydrogens is 344 g/mol. The van der Waals surface area contributed by atoms with Gasteiger partial charge in [0.2, 0.25) is 17.7 Å². The van der Waals surface area contributed by atoms with Crippen LogP contribution in [0.2, 0.25) is 0 Å². The van der Waals surface area contributed by atoms with Gasteiger partial charge in [-0.2, -0.15) is 0 Å². The third kappa shape index (κ3) is 7.28. The molecule has 0 aliphatic carbocycles. The molecule has 0 aromatic heterocycles. The lowest BCUT2D eigenvalue weighted by molar-refractivity contribution is -0.138. The molecule has 0 saturated carbocycles. The van der Waals surface area contributed by atoms with Crippen molar-refractivity contribution in [1.29, 1.82) is 0 Å². The Labute approximate surface area is 149 Å². The number of benzene rings is 1. The molecule has 0 aliphatic rings. The fraction of sp³-hybridized carbons (Fsp3) is 0.375. The van der Waals surface area contributed by atoms with E-state index in [1.807, 2.05) is 0 Å². The van der Waals surface area contributed by atoms with Crippen molar-refractivity contribution in [3.05, 3.63) is 35.9 Å². The molecule has 0 spiro atoms.